The zero-order valence-electron chi connectivity index (χ0n) is 11.4. The molecule has 0 saturated carbocycles. The lowest BCUT2D eigenvalue weighted by Crippen LogP contribution is -2.45. The van der Waals surface area contributed by atoms with Crippen LogP contribution in [0.4, 0.5) is 0 Å². The van der Waals surface area contributed by atoms with Crippen molar-refractivity contribution < 1.29 is 14.3 Å². The van der Waals surface area contributed by atoms with Crippen LogP contribution >= 0.6 is 23.2 Å². The van der Waals surface area contributed by atoms with E-state index in [0.717, 1.165) is 12.8 Å². The summed E-state index contributed by atoms with van der Waals surface area (Å²) in [7, 11) is 0. The Labute approximate surface area is 132 Å². The van der Waals surface area contributed by atoms with Gasteiger partial charge >= 0.3 is 0 Å². The lowest BCUT2D eigenvalue weighted by Gasteiger charge is -2.31. The smallest absolute Gasteiger partial charge is 0.260 e. The van der Waals surface area contributed by atoms with Gasteiger partial charge in [0.15, 0.2) is 6.61 Å². The van der Waals surface area contributed by atoms with E-state index in [2.05, 4.69) is 0 Å². The Hall–Kier alpha value is -1.46. The van der Waals surface area contributed by atoms with Gasteiger partial charge in [0.1, 0.15) is 5.75 Å². The van der Waals surface area contributed by atoms with Gasteiger partial charge in [0.2, 0.25) is 5.91 Å². The van der Waals surface area contributed by atoms with Crippen LogP contribution in [0, 0.1) is 5.92 Å². The van der Waals surface area contributed by atoms with Gasteiger partial charge in [-0.1, -0.05) is 23.2 Å². The van der Waals surface area contributed by atoms with Crippen LogP contribution in [0.25, 0.3) is 0 Å². The fourth-order valence-electron chi connectivity index (χ4n) is 2.24. The molecular weight excluding hydrogens is 315 g/mol. The molecular formula is C14H16Cl2N2O3. The van der Waals surface area contributed by atoms with Gasteiger partial charge in [0.05, 0.1) is 16.0 Å². The number of likely N-dealkylation sites (tertiary alicyclic amines) is 1. The van der Waals surface area contributed by atoms with E-state index in [4.69, 9.17) is 33.7 Å². The predicted molar refractivity (Wildman–Crippen MR) is 80.5 cm³/mol. The van der Waals surface area contributed by atoms with E-state index >= 15 is 0 Å². The third-order valence-corrected chi connectivity index (χ3v) is 4.17. The molecule has 1 aliphatic heterocycles. The van der Waals surface area contributed by atoms with Gasteiger partial charge in [-0.15, -0.1) is 0 Å². The lowest BCUT2D eigenvalue weighted by molar-refractivity contribution is -0.136. The number of carbonyl (C=O) groups excluding carboxylic acids is 2. The highest BCUT2D eigenvalue weighted by atomic mass is 35.5. The summed E-state index contributed by atoms with van der Waals surface area (Å²) in [5, 5.41) is 0.795. The highest BCUT2D eigenvalue weighted by molar-refractivity contribution is 6.42. The average Bonchev–Trinajstić information content (AvgIpc) is 2.48. The van der Waals surface area contributed by atoms with E-state index in [0.29, 0.717) is 28.9 Å². The van der Waals surface area contributed by atoms with Gasteiger partial charge in [-0.25, -0.2) is 0 Å². The summed E-state index contributed by atoms with van der Waals surface area (Å²) in [6, 6.07) is 4.80. The molecule has 0 aromatic heterocycles. The van der Waals surface area contributed by atoms with Gasteiger partial charge in [-0.2, -0.15) is 0 Å². The first-order valence-electron chi connectivity index (χ1n) is 6.62. The second kappa shape index (κ2) is 7.00. The Morgan fingerprint density at radius 2 is 2.10 bits per heavy atom. The van der Waals surface area contributed by atoms with Gasteiger partial charge in [0, 0.05) is 19.2 Å². The minimum atomic E-state index is -0.363. The number of piperidine rings is 1. The number of nitrogens with zero attached hydrogens (tertiary/aromatic N) is 1. The van der Waals surface area contributed by atoms with Crippen LogP contribution < -0.4 is 10.5 Å². The summed E-state index contributed by atoms with van der Waals surface area (Å²) in [5.74, 6) is -0.334. The van der Waals surface area contributed by atoms with Gasteiger partial charge in [-0.3, -0.25) is 9.59 Å². The molecule has 2 amide bonds. The fourth-order valence-corrected chi connectivity index (χ4v) is 2.53. The highest BCUT2D eigenvalue weighted by Crippen LogP contribution is 2.26. The number of rotatable bonds is 4. The van der Waals surface area contributed by atoms with E-state index in [-0.39, 0.29) is 24.3 Å². The third-order valence-electron chi connectivity index (χ3n) is 3.43. The molecule has 1 aromatic carbocycles. The van der Waals surface area contributed by atoms with Gasteiger partial charge < -0.3 is 15.4 Å². The molecule has 2 rings (SSSR count). The van der Waals surface area contributed by atoms with Crippen molar-refractivity contribution >= 4 is 35.0 Å². The van der Waals surface area contributed by atoms with Crippen LogP contribution in [0.2, 0.25) is 10.0 Å². The normalized spacial score (nSPS) is 18.4. The molecule has 1 saturated heterocycles. The van der Waals surface area contributed by atoms with Crippen LogP contribution in [0.5, 0.6) is 5.75 Å². The standard InChI is InChI=1S/C14H16Cl2N2O3/c15-11-4-3-10(6-12(11)16)21-8-13(19)18-5-1-2-9(7-18)14(17)20/h3-4,6,9H,1-2,5,7-8H2,(H2,17,20). The molecule has 5 nitrogen and oxygen atoms in total. The number of primary amides is 1. The van der Waals surface area contributed by atoms with Crippen molar-refractivity contribution in [2.45, 2.75) is 12.8 Å². The quantitative estimate of drug-likeness (QED) is 0.918. The van der Waals surface area contributed by atoms with Crippen molar-refractivity contribution in [1.29, 1.82) is 0 Å². The summed E-state index contributed by atoms with van der Waals surface area (Å²) in [6.45, 7) is 0.871. The number of amides is 2. The summed E-state index contributed by atoms with van der Waals surface area (Å²) in [6.07, 6.45) is 1.50. The minimum Gasteiger partial charge on any atom is -0.484 e. The molecule has 1 heterocycles. The second-order valence-electron chi connectivity index (χ2n) is 4.95. The molecule has 1 unspecified atom stereocenters. The molecule has 21 heavy (non-hydrogen) atoms. The van der Waals surface area contributed by atoms with Crippen molar-refractivity contribution in [3.8, 4) is 5.75 Å². The minimum absolute atomic E-state index is 0.108. The number of hydrogen-bond acceptors (Lipinski definition) is 3. The second-order valence-corrected chi connectivity index (χ2v) is 5.76. The highest BCUT2D eigenvalue weighted by Gasteiger charge is 2.27. The maximum absolute atomic E-state index is 12.1. The van der Waals surface area contributed by atoms with Crippen molar-refractivity contribution in [2.75, 3.05) is 19.7 Å². The fraction of sp³-hybridized carbons (Fsp3) is 0.429. The van der Waals surface area contributed by atoms with Crippen molar-refractivity contribution in [3.05, 3.63) is 28.2 Å². The van der Waals surface area contributed by atoms with Crippen LogP contribution in [0.1, 0.15) is 12.8 Å². The number of halogens is 2. The van der Waals surface area contributed by atoms with Crippen LogP contribution in [0.15, 0.2) is 18.2 Å². The molecule has 1 aromatic rings. The Morgan fingerprint density at radius 3 is 2.76 bits per heavy atom. The van der Waals surface area contributed by atoms with E-state index in [1.165, 1.54) is 0 Å². The van der Waals surface area contributed by atoms with Crippen molar-refractivity contribution in [3.63, 3.8) is 0 Å². The number of hydrogen-bond donors (Lipinski definition) is 1. The summed E-state index contributed by atoms with van der Waals surface area (Å²) < 4.78 is 5.40. The van der Waals surface area contributed by atoms with Gasteiger partial charge in [-0.05, 0) is 25.0 Å². The average molecular weight is 331 g/mol. The Kier molecular flexibility index (Phi) is 5.31. The maximum atomic E-state index is 12.1. The molecule has 0 radical (unpaired) electrons. The zero-order chi connectivity index (χ0) is 15.4. The largest absolute Gasteiger partial charge is 0.484 e. The topological polar surface area (TPSA) is 72.6 Å². The molecule has 1 atom stereocenters. The zero-order valence-corrected chi connectivity index (χ0v) is 12.9. The first-order chi connectivity index (χ1) is 9.97. The summed E-state index contributed by atoms with van der Waals surface area (Å²) in [4.78, 5) is 24.9. The first kappa shape index (κ1) is 15.9. The number of nitrogens with two attached hydrogens (primary N) is 1. The molecule has 1 fully saturated rings. The summed E-state index contributed by atoms with van der Waals surface area (Å²) >= 11 is 11.7. The molecule has 0 bridgehead atoms. The number of carbonyl (C=O) groups is 2. The molecule has 2 N–H and O–H groups in total. The van der Waals surface area contributed by atoms with Gasteiger partial charge in [0.25, 0.3) is 5.91 Å². The van der Waals surface area contributed by atoms with Crippen molar-refractivity contribution in [1.82, 2.24) is 4.90 Å². The Morgan fingerprint density at radius 1 is 1.33 bits per heavy atom. The number of ether oxygens (including phenoxy) is 1. The van der Waals surface area contributed by atoms with Crippen molar-refractivity contribution in [2.24, 2.45) is 11.7 Å². The van der Waals surface area contributed by atoms with E-state index in [1.807, 2.05) is 0 Å². The Bertz CT molecular complexity index is 551. The molecule has 7 heteroatoms. The van der Waals surface area contributed by atoms with E-state index in [9.17, 15) is 9.59 Å². The van der Waals surface area contributed by atoms with E-state index in [1.54, 1.807) is 23.1 Å². The monoisotopic (exact) mass is 330 g/mol. The number of benzene rings is 1. The SMILES string of the molecule is NC(=O)C1CCCN(C(=O)COc2ccc(Cl)c(Cl)c2)C1. The summed E-state index contributed by atoms with van der Waals surface area (Å²) in [5.41, 5.74) is 5.29. The molecule has 0 spiro atoms. The Balaban J connectivity index is 1.89. The molecule has 0 aliphatic carbocycles. The van der Waals surface area contributed by atoms with Crippen LogP contribution in [-0.4, -0.2) is 36.4 Å². The van der Waals surface area contributed by atoms with Crippen LogP contribution in [-0.2, 0) is 9.59 Å². The lowest BCUT2D eigenvalue weighted by atomic mass is 9.97. The third kappa shape index (κ3) is 4.25. The predicted octanol–water partition coefficient (Wildman–Crippen LogP) is 2.10. The first-order valence-corrected chi connectivity index (χ1v) is 7.38. The molecule has 1 aliphatic rings. The van der Waals surface area contributed by atoms with E-state index < -0.39 is 0 Å². The maximum Gasteiger partial charge on any atom is 0.260 e. The molecule has 114 valence electrons. The van der Waals surface area contributed by atoms with Crippen LogP contribution in [0.3, 0.4) is 0 Å².